The van der Waals surface area contributed by atoms with Crippen molar-refractivity contribution in [1.82, 2.24) is 14.1 Å². The molecule has 6 N–H and O–H groups in total. The summed E-state index contributed by atoms with van der Waals surface area (Å²) in [5.74, 6) is 1.41. The Bertz CT molecular complexity index is 2100. The van der Waals surface area contributed by atoms with Crippen molar-refractivity contribution < 1.29 is 0 Å². The molecule has 1 fully saturated rings. The van der Waals surface area contributed by atoms with Crippen molar-refractivity contribution >= 4 is 44.2 Å². The maximum absolute atomic E-state index is 14.0. The lowest BCUT2D eigenvalue weighted by Gasteiger charge is -2.12. The number of fused-ring (bicyclic) bond motifs is 3. The number of imidazole rings is 1. The van der Waals surface area contributed by atoms with E-state index in [1.165, 1.54) is 0 Å². The summed E-state index contributed by atoms with van der Waals surface area (Å²) in [5, 5.41) is 19.7. The fourth-order valence-electron chi connectivity index (χ4n) is 5.64. The molecule has 2 heterocycles. The minimum Gasteiger partial charge on any atom is -0.384 e. The van der Waals surface area contributed by atoms with Gasteiger partial charge < -0.3 is 20.6 Å². The first-order valence-corrected chi connectivity index (χ1v) is 13.7. The van der Waals surface area contributed by atoms with E-state index in [1.807, 2.05) is 60.8 Å². The van der Waals surface area contributed by atoms with Crippen molar-refractivity contribution in [2.75, 3.05) is 0 Å². The predicted molar refractivity (Wildman–Crippen MR) is 164 cm³/mol. The molecule has 0 aliphatic heterocycles. The molecule has 0 atom stereocenters. The Morgan fingerprint density at radius 3 is 1.88 bits per heavy atom. The summed E-state index contributed by atoms with van der Waals surface area (Å²) in [6, 6.07) is 25.8. The van der Waals surface area contributed by atoms with Gasteiger partial charge in [-0.1, -0.05) is 48.5 Å². The van der Waals surface area contributed by atoms with E-state index in [1.54, 1.807) is 4.57 Å². The lowest BCUT2D eigenvalue weighted by molar-refractivity contribution is 0.726. The summed E-state index contributed by atoms with van der Waals surface area (Å²) >= 11 is 0. The van der Waals surface area contributed by atoms with E-state index in [0.29, 0.717) is 35.7 Å². The third kappa shape index (κ3) is 4.53. The molecule has 1 saturated carbocycles. The van der Waals surface area contributed by atoms with Crippen molar-refractivity contribution in [3.8, 4) is 0 Å². The van der Waals surface area contributed by atoms with Crippen LogP contribution in [0.1, 0.15) is 46.8 Å². The zero-order valence-corrected chi connectivity index (χ0v) is 22.4. The molecule has 0 unspecified atom stereocenters. The second kappa shape index (κ2) is 9.45. The number of rotatable bonds is 7. The largest absolute Gasteiger partial charge is 0.384 e. The Labute approximate surface area is 235 Å². The topological polar surface area (TPSA) is 140 Å². The average Bonchev–Trinajstić information content (AvgIpc) is 3.75. The number of amidine groups is 2. The van der Waals surface area contributed by atoms with Crippen LogP contribution in [0.3, 0.4) is 0 Å². The summed E-state index contributed by atoms with van der Waals surface area (Å²) in [6.07, 6.45) is 3.99. The molecule has 4 aromatic carbocycles. The van der Waals surface area contributed by atoms with Crippen LogP contribution in [0.25, 0.3) is 32.6 Å². The summed E-state index contributed by atoms with van der Waals surface area (Å²) in [5.41, 5.74) is 16.1. The fourth-order valence-corrected chi connectivity index (χ4v) is 5.64. The molecule has 1 aliphatic carbocycles. The second-order valence-electron chi connectivity index (χ2n) is 10.9. The number of nitrogens with one attached hydrogen (secondary N) is 2. The van der Waals surface area contributed by atoms with Crippen LogP contribution in [0.4, 0.5) is 0 Å². The third-order valence-corrected chi connectivity index (χ3v) is 7.97. The maximum Gasteiger partial charge on any atom is 0.277 e. The number of nitrogens with zero attached hydrogens (tertiary/aromatic N) is 3. The van der Waals surface area contributed by atoms with E-state index in [2.05, 4.69) is 28.8 Å². The van der Waals surface area contributed by atoms with Gasteiger partial charge in [0.25, 0.3) is 5.56 Å². The van der Waals surface area contributed by atoms with Gasteiger partial charge >= 0.3 is 0 Å². The Kier molecular flexibility index (Phi) is 5.71. The van der Waals surface area contributed by atoms with E-state index in [9.17, 15) is 4.79 Å². The molecular weight excluding hydrogens is 510 g/mol. The van der Waals surface area contributed by atoms with Crippen LogP contribution in [0.5, 0.6) is 0 Å². The molecule has 2 aromatic heterocycles. The number of hydrogen-bond donors (Lipinski definition) is 4. The molecule has 202 valence electrons. The van der Waals surface area contributed by atoms with Crippen LogP contribution in [0, 0.1) is 10.8 Å². The molecule has 0 radical (unpaired) electrons. The second-order valence-corrected chi connectivity index (χ2v) is 10.9. The minimum absolute atomic E-state index is 0.0319. The maximum atomic E-state index is 14.0. The normalized spacial score (nSPS) is 13.3. The van der Waals surface area contributed by atoms with Crippen LogP contribution >= 0.6 is 0 Å². The van der Waals surface area contributed by atoms with Crippen LogP contribution in [-0.4, -0.2) is 25.8 Å². The monoisotopic (exact) mass is 539 g/mol. The molecule has 8 heteroatoms. The number of nitrogens with two attached hydrogens (primary N) is 2. The molecule has 41 heavy (non-hydrogen) atoms. The molecule has 7 rings (SSSR count). The van der Waals surface area contributed by atoms with Crippen LogP contribution in [0.15, 0.2) is 89.9 Å². The van der Waals surface area contributed by atoms with E-state index in [4.69, 9.17) is 27.3 Å². The van der Waals surface area contributed by atoms with E-state index in [0.717, 1.165) is 56.9 Å². The van der Waals surface area contributed by atoms with Gasteiger partial charge in [-0.15, -0.1) is 0 Å². The van der Waals surface area contributed by atoms with Crippen LogP contribution in [0.2, 0.25) is 0 Å². The van der Waals surface area contributed by atoms with Gasteiger partial charge in [0.1, 0.15) is 23.0 Å². The van der Waals surface area contributed by atoms with Gasteiger partial charge in [-0.25, -0.2) is 4.98 Å². The molecule has 0 bridgehead atoms. The highest BCUT2D eigenvalue weighted by molar-refractivity contribution is 6.00. The number of benzene rings is 4. The highest BCUT2D eigenvalue weighted by Crippen LogP contribution is 2.40. The van der Waals surface area contributed by atoms with E-state index in [-0.39, 0.29) is 17.2 Å². The Morgan fingerprint density at radius 2 is 1.32 bits per heavy atom. The number of hydrogen-bond acceptors (Lipinski definition) is 4. The quantitative estimate of drug-likeness (QED) is 0.167. The van der Waals surface area contributed by atoms with Crippen molar-refractivity contribution in [2.45, 2.75) is 31.8 Å². The van der Waals surface area contributed by atoms with Gasteiger partial charge in [-0.3, -0.25) is 15.6 Å². The molecule has 1 aliphatic rings. The highest BCUT2D eigenvalue weighted by atomic mass is 16.1. The zero-order valence-electron chi connectivity index (χ0n) is 22.4. The molecule has 8 nitrogen and oxygen atoms in total. The predicted octanol–water partition coefficient (Wildman–Crippen LogP) is 5.05. The summed E-state index contributed by atoms with van der Waals surface area (Å²) in [6.45, 7) is 0.953. The molecule has 0 amide bonds. The Morgan fingerprint density at radius 1 is 0.756 bits per heavy atom. The molecule has 6 aromatic rings. The number of aromatic nitrogens is 3. The van der Waals surface area contributed by atoms with Crippen molar-refractivity contribution in [3.63, 3.8) is 0 Å². The summed E-state index contributed by atoms with van der Waals surface area (Å²) < 4.78 is 3.84. The van der Waals surface area contributed by atoms with Crippen LogP contribution < -0.4 is 17.0 Å². The first-order valence-electron chi connectivity index (χ1n) is 13.7. The van der Waals surface area contributed by atoms with Crippen molar-refractivity contribution in [2.24, 2.45) is 11.5 Å². The zero-order chi connectivity index (χ0) is 28.2. The summed E-state index contributed by atoms with van der Waals surface area (Å²) in [4.78, 5) is 18.9. The fraction of sp³-hybridized carbons (Fsp3) is 0.152. The molecule has 0 saturated heterocycles. The lowest BCUT2D eigenvalue weighted by atomic mass is 10.0. The third-order valence-electron chi connectivity index (χ3n) is 7.97. The van der Waals surface area contributed by atoms with Gasteiger partial charge in [-0.2, -0.15) is 0 Å². The van der Waals surface area contributed by atoms with Crippen molar-refractivity contribution in [1.29, 1.82) is 10.8 Å². The van der Waals surface area contributed by atoms with E-state index < -0.39 is 0 Å². The van der Waals surface area contributed by atoms with Crippen LogP contribution in [-0.2, 0) is 13.1 Å². The van der Waals surface area contributed by atoms with Crippen molar-refractivity contribution in [3.05, 3.63) is 123 Å². The Hall–Kier alpha value is -5.24. The van der Waals surface area contributed by atoms with Gasteiger partial charge in [0.15, 0.2) is 0 Å². The molecular formula is C33H29N7O. The lowest BCUT2D eigenvalue weighted by Crippen LogP contribution is -2.22. The van der Waals surface area contributed by atoms with Gasteiger partial charge in [0.2, 0.25) is 0 Å². The smallest absolute Gasteiger partial charge is 0.277 e. The Balaban J connectivity index is 1.29. The summed E-state index contributed by atoms with van der Waals surface area (Å²) in [7, 11) is 0. The first kappa shape index (κ1) is 24.8. The average molecular weight is 540 g/mol. The van der Waals surface area contributed by atoms with Gasteiger partial charge in [0.05, 0.1) is 12.1 Å². The van der Waals surface area contributed by atoms with Gasteiger partial charge in [0, 0.05) is 29.8 Å². The molecule has 0 spiro atoms. The number of nitrogen functional groups attached to an aromatic ring is 2. The first-order chi connectivity index (χ1) is 19.8. The van der Waals surface area contributed by atoms with E-state index >= 15 is 0 Å². The SMILES string of the molecule is N=C(N)c1ccc2ccc(Cn3ccc4nc(C5CC5)n(Cc5ccc6ccc(C(=N)N)cc6c5)c4c3=O)cc2c1. The standard InChI is InChI=1S/C33H29N7O/c34-30(35)24-9-5-21-3-1-19(13-26(21)15-24)17-39-12-11-28-29(33(39)41)40(32(38-28)23-7-8-23)18-20-2-4-22-6-10-25(31(36)37)16-27(22)14-20/h1-6,9-16,23H,7-8,17-18H2,(H3,34,35)(H3,36,37). The van der Waals surface area contributed by atoms with Gasteiger partial charge in [-0.05, 0) is 75.8 Å². The minimum atomic E-state index is -0.0702. The number of pyridine rings is 1. The highest BCUT2D eigenvalue weighted by Gasteiger charge is 2.30.